The molecule has 210 valence electrons. The van der Waals surface area contributed by atoms with E-state index in [1.807, 2.05) is 62.1 Å². The van der Waals surface area contributed by atoms with Crippen LogP contribution in [0.15, 0.2) is 40.8 Å². The molecule has 3 rings (SSSR count). The first kappa shape index (κ1) is 29.7. The van der Waals surface area contributed by atoms with Gasteiger partial charge in [-0.15, -0.1) is 0 Å². The monoisotopic (exact) mass is 537 g/mol. The Hall–Kier alpha value is -3.85. The Balaban J connectivity index is 1.83. The minimum absolute atomic E-state index is 0.101. The number of benzene rings is 2. The highest BCUT2D eigenvalue weighted by Gasteiger charge is 2.32. The molecular formula is C30H39N3O6. The number of carbonyl (C=O) groups excluding carboxylic acids is 2. The summed E-state index contributed by atoms with van der Waals surface area (Å²) in [5.41, 5.74) is 3.27. The third-order valence-corrected chi connectivity index (χ3v) is 6.30. The van der Waals surface area contributed by atoms with E-state index in [0.717, 1.165) is 33.7 Å². The van der Waals surface area contributed by atoms with Gasteiger partial charge in [-0.2, -0.15) is 0 Å². The van der Waals surface area contributed by atoms with Gasteiger partial charge in [-0.25, -0.2) is 9.78 Å². The zero-order chi connectivity index (χ0) is 28.7. The fourth-order valence-corrected chi connectivity index (χ4v) is 4.25. The van der Waals surface area contributed by atoms with Crippen molar-refractivity contribution in [3.8, 4) is 23.0 Å². The van der Waals surface area contributed by atoms with Crippen LogP contribution in [0, 0.1) is 20.8 Å². The molecular weight excluding hydrogens is 498 g/mol. The van der Waals surface area contributed by atoms with Crippen molar-refractivity contribution in [1.29, 1.82) is 0 Å². The van der Waals surface area contributed by atoms with Crippen LogP contribution in [0.25, 0.3) is 11.5 Å². The van der Waals surface area contributed by atoms with Crippen molar-refractivity contribution in [3.05, 3.63) is 64.5 Å². The third-order valence-electron chi connectivity index (χ3n) is 6.30. The van der Waals surface area contributed by atoms with Gasteiger partial charge in [0.1, 0.15) is 17.3 Å². The molecule has 39 heavy (non-hydrogen) atoms. The maximum Gasteiger partial charge on any atom is 0.349 e. The minimum atomic E-state index is -1.12. The van der Waals surface area contributed by atoms with Gasteiger partial charge in [-0.3, -0.25) is 9.69 Å². The number of likely N-dealkylation sites (N-methyl/N-ethyl adjacent to an activating group) is 1. The molecule has 0 fully saturated rings. The van der Waals surface area contributed by atoms with Gasteiger partial charge in [0.05, 0.1) is 26.0 Å². The van der Waals surface area contributed by atoms with Gasteiger partial charge in [0.2, 0.25) is 11.8 Å². The molecule has 0 aliphatic heterocycles. The quantitative estimate of drug-likeness (QED) is 0.331. The number of hydrogen-bond donors (Lipinski definition) is 1. The number of nitrogens with zero attached hydrogens (tertiary/aromatic N) is 2. The first-order valence-corrected chi connectivity index (χ1v) is 13.0. The molecule has 0 unspecified atom stereocenters. The van der Waals surface area contributed by atoms with Crippen molar-refractivity contribution >= 4 is 11.9 Å². The van der Waals surface area contributed by atoms with E-state index in [-0.39, 0.29) is 19.1 Å². The lowest BCUT2D eigenvalue weighted by atomic mass is 10.0. The van der Waals surface area contributed by atoms with Crippen LogP contribution in [0.3, 0.4) is 0 Å². The van der Waals surface area contributed by atoms with Crippen molar-refractivity contribution in [2.75, 3.05) is 27.3 Å². The van der Waals surface area contributed by atoms with Crippen molar-refractivity contribution in [3.63, 3.8) is 0 Å². The number of esters is 1. The zero-order valence-corrected chi connectivity index (χ0v) is 24.1. The van der Waals surface area contributed by atoms with Gasteiger partial charge in [0, 0.05) is 25.7 Å². The van der Waals surface area contributed by atoms with Crippen LogP contribution >= 0.6 is 0 Å². The first-order valence-electron chi connectivity index (χ1n) is 13.0. The topological polar surface area (TPSA) is 103 Å². The molecule has 1 N–H and O–H groups in total. The summed E-state index contributed by atoms with van der Waals surface area (Å²) in [7, 11) is 3.24. The highest BCUT2D eigenvalue weighted by Crippen LogP contribution is 2.30. The number of aromatic nitrogens is 1. The molecule has 0 saturated heterocycles. The van der Waals surface area contributed by atoms with E-state index in [0.29, 0.717) is 30.5 Å². The predicted molar refractivity (Wildman–Crippen MR) is 149 cm³/mol. The highest BCUT2D eigenvalue weighted by molar-refractivity contribution is 5.79. The van der Waals surface area contributed by atoms with E-state index < -0.39 is 11.6 Å². The van der Waals surface area contributed by atoms with Gasteiger partial charge in [0.15, 0.2) is 5.60 Å². The van der Waals surface area contributed by atoms with E-state index >= 15 is 0 Å². The molecule has 0 aliphatic rings. The van der Waals surface area contributed by atoms with Crippen LogP contribution in [0.4, 0.5) is 0 Å². The summed E-state index contributed by atoms with van der Waals surface area (Å²) in [4.78, 5) is 31.4. The van der Waals surface area contributed by atoms with Gasteiger partial charge >= 0.3 is 5.97 Å². The van der Waals surface area contributed by atoms with E-state index in [2.05, 4.69) is 5.32 Å². The molecule has 0 bridgehead atoms. The number of hydrogen-bond acceptors (Lipinski definition) is 8. The number of nitrogens with one attached hydrogen (secondary N) is 1. The molecule has 2 aromatic carbocycles. The lowest BCUT2D eigenvalue weighted by molar-refractivity contribution is -0.158. The second-order valence-electron chi connectivity index (χ2n) is 9.96. The van der Waals surface area contributed by atoms with Gasteiger partial charge in [-0.1, -0.05) is 12.1 Å². The molecule has 0 atom stereocenters. The Morgan fingerprint density at radius 1 is 1.05 bits per heavy atom. The normalized spacial score (nSPS) is 11.4. The van der Waals surface area contributed by atoms with Crippen LogP contribution in [0.5, 0.6) is 11.5 Å². The number of rotatable bonds is 12. The highest BCUT2D eigenvalue weighted by atomic mass is 16.6. The molecule has 1 aromatic heterocycles. The Bertz CT molecular complexity index is 1270. The van der Waals surface area contributed by atoms with Crippen LogP contribution in [0.2, 0.25) is 0 Å². The van der Waals surface area contributed by atoms with Crippen LogP contribution in [0.1, 0.15) is 48.9 Å². The Labute approximate surface area is 230 Å². The number of aryl methyl sites for hydroxylation is 3. The second-order valence-corrected chi connectivity index (χ2v) is 9.96. The predicted octanol–water partition coefficient (Wildman–Crippen LogP) is 4.74. The molecule has 0 saturated carbocycles. The fourth-order valence-electron chi connectivity index (χ4n) is 4.25. The molecule has 0 spiro atoms. The van der Waals surface area contributed by atoms with E-state index in [4.69, 9.17) is 23.6 Å². The molecule has 1 heterocycles. The largest absolute Gasteiger partial charge is 0.497 e. The second kappa shape index (κ2) is 12.8. The standard InChI is InChI=1S/C30H39N3O6/c1-9-37-29(35)30(5,6)39-27-19(2)14-22(15-20(27)3)16-33(18-26(34)31-7)17-25-21(4)38-28(32-25)23-10-12-24(36-8)13-11-23/h10-15H,9,16-18H2,1-8H3,(H,31,34). The van der Waals surface area contributed by atoms with E-state index in [1.165, 1.54) is 0 Å². The number of methoxy groups -OCH3 is 1. The smallest absolute Gasteiger partial charge is 0.349 e. The third kappa shape index (κ3) is 7.60. The molecule has 0 aliphatic carbocycles. The lowest BCUT2D eigenvalue weighted by Crippen LogP contribution is -2.40. The minimum Gasteiger partial charge on any atom is -0.497 e. The van der Waals surface area contributed by atoms with Gasteiger partial charge in [0.25, 0.3) is 0 Å². The molecule has 9 heteroatoms. The summed E-state index contributed by atoms with van der Waals surface area (Å²) in [6.45, 7) is 12.3. The Kier molecular flexibility index (Phi) is 9.75. The Morgan fingerprint density at radius 2 is 1.69 bits per heavy atom. The Morgan fingerprint density at radius 3 is 2.26 bits per heavy atom. The summed E-state index contributed by atoms with van der Waals surface area (Å²) in [5.74, 6) is 2.09. The maximum absolute atomic E-state index is 12.4. The average Bonchev–Trinajstić information content (AvgIpc) is 3.26. The van der Waals surface area contributed by atoms with Gasteiger partial charge in [-0.05, 0) is 82.5 Å². The van der Waals surface area contributed by atoms with Crippen molar-refractivity contribution in [2.24, 2.45) is 0 Å². The lowest BCUT2D eigenvalue weighted by Gasteiger charge is -2.27. The molecule has 1 amide bonds. The van der Waals surface area contributed by atoms with Gasteiger partial charge < -0.3 is 23.9 Å². The summed E-state index contributed by atoms with van der Waals surface area (Å²) in [6.07, 6.45) is 0. The number of oxazole rings is 1. The number of amides is 1. The van der Waals surface area contributed by atoms with Crippen molar-refractivity contribution in [2.45, 2.75) is 60.2 Å². The number of carbonyl (C=O) groups is 2. The molecule has 0 radical (unpaired) electrons. The summed E-state index contributed by atoms with van der Waals surface area (Å²) < 4.78 is 22.5. The fraction of sp³-hybridized carbons (Fsp3) is 0.433. The van der Waals surface area contributed by atoms with Crippen molar-refractivity contribution < 1.29 is 28.2 Å². The first-order chi connectivity index (χ1) is 18.5. The van der Waals surface area contributed by atoms with Crippen molar-refractivity contribution in [1.82, 2.24) is 15.2 Å². The average molecular weight is 538 g/mol. The van der Waals surface area contributed by atoms with E-state index in [9.17, 15) is 9.59 Å². The summed E-state index contributed by atoms with van der Waals surface area (Å²) >= 11 is 0. The van der Waals surface area contributed by atoms with Crippen LogP contribution in [-0.4, -0.2) is 54.7 Å². The van der Waals surface area contributed by atoms with Crippen LogP contribution < -0.4 is 14.8 Å². The van der Waals surface area contributed by atoms with Crippen LogP contribution in [-0.2, 0) is 27.4 Å². The number of ether oxygens (including phenoxy) is 3. The summed E-state index contributed by atoms with van der Waals surface area (Å²) in [5, 5.41) is 2.70. The zero-order valence-electron chi connectivity index (χ0n) is 24.1. The van der Waals surface area contributed by atoms with E-state index in [1.54, 1.807) is 34.9 Å². The summed E-state index contributed by atoms with van der Waals surface area (Å²) in [6, 6.07) is 11.5. The maximum atomic E-state index is 12.4. The SMILES string of the molecule is CCOC(=O)C(C)(C)Oc1c(C)cc(CN(CC(=O)NC)Cc2nc(-c3ccc(OC)cc3)oc2C)cc1C. The molecule has 9 nitrogen and oxygen atoms in total. The molecule has 3 aromatic rings.